The molecule has 2 heterocycles. The number of hydrogen-bond acceptors (Lipinski definition) is 5. The molecule has 0 saturated carbocycles. The van der Waals surface area contributed by atoms with Crippen molar-refractivity contribution in [1.82, 2.24) is 10.3 Å². The zero-order valence-electron chi connectivity index (χ0n) is 11.6. The van der Waals surface area contributed by atoms with Crippen LogP contribution >= 0.6 is 0 Å². The van der Waals surface area contributed by atoms with Crippen LogP contribution in [0.25, 0.3) is 0 Å². The van der Waals surface area contributed by atoms with E-state index in [2.05, 4.69) is 26.3 Å². The van der Waals surface area contributed by atoms with Crippen LogP contribution in [0.15, 0.2) is 16.8 Å². The molecular formula is C14H15N3O3. The molecule has 6 heteroatoms. The highest BCUT2D eigenvalue weighted by Gasteiger charge is 2.30. The number of fused-ring (bicyclic) bond motifs is 1. The Kier molecular flexibility index (Phi) is 2.93. The van der Waals surface area contributed by atoms with E-state index in [1.165, 1.54) is 5.56 Å². The van der Waals surface area contributed by atoms with E-state index in [4.69, 9.17) is 4.74 Å². The monoisotopic (exact) mass is 273 g/mol. The third kappa shape index (κ3) is 2.13. The second kappa shape index (κ2) is 4.63. The lowest BCUT2D eigenvalue weighted by molar-refractivity contribution is -0.122. The van der Waals surface area contributed by atoms with E-state index in [1.54, 1.807) is 6.92 Å². The molecule has 1 aromatic heterocycles. The second-order valence-corrected chi connectivity index (χ2v) is 5.04. The lowest BCUT2D eigenvalue weighted by atomic mass is 10.0. The minimum atomic E-state index is -0.540. The molecule has 2 aromatic rings. The van der Waals surface area contributed by atoms with Crippen LogP contribution < -0.4 is 10.1 Å². The maximum absolute atomic E-state index is 12.2. The van der Waals surface area contributed by atoms with Crippen molar-refractivity contribution < 1.29 is 14.2 Å². The number of carbonyl (C=O) groups is 1. The first-order valence-corrected chi connectivity index (χ1v) is 6.41. The summed E-state index contributed by atoms with van der Waals surface area (Å²) in [7, 11) is 0. The van der Waals surface area contributed by atoms with Crippen molar-refractivity contribution in [3.63, 3.8) is 0 Å². The SMILES string of the molecule is Cc1cc2c(cc1C)OC(C(=O)Nc1nonc1C)C2. The summed E-state index contributed by atoms with van der Waals surface area (Å²) in [4.78, 5) is 12.2. The number of hydrogen-bond donors (Lipinski definition) is 1. The molecule has 0 radical (unpaired) electrons. The van der Waals surface area contributed by atoms with E-state index in [-0.39, 0.29) is 5.91 Å². The number of anilines is 1. The van der Waals surface area contributed by atoms with Gasteiger partial charge in [-0.1, -0.05) is 11.2 Å². The summed E-state index contributed by atoms with van der Waals surface area (Å²) in [5.41, 5.74) is 3.95. The summed E-state index contributed by atoms with van der Waals surface area (Å²) in [6.07, 6.45) is 0.0226. The molecule has 1 N–H and O–H groups in total. The number of aryl methyl sites for hydroxylation is 3. The number of ether oxygens (including phenoxy) is 1. The summed E-state index contributed by atoms with van der Waals surface area (Å²) in [5, 5.41) is 9.91. The summed E-state index contributed by atoms with van der Waals surface area (Å²) in [6.45, 7) is 5.79. The Morgan fingerprint density at radius 3 is 2.70 bits per heavy atom. The zero-order valence-corrected chi connectivity index (χ0v) is 11.6. The molecule has 1 aromatic carbocycles. The molecular weight excluding hydrogens is 258 g/mol. The summed E-state index contributed by atoms with van der Waals surface area (Å²) < 4.78 is 10.2. The van der Waals surface area contributed by atoms with Gasteiger partial charge in [-0.2, -0.15) is 0 Å². The fourth-order valence-corrected chi connectivity index (χ4v) is 2.20. The van der Waals surface area contributed by atoms with Crippen LogP contribution in [0.4, 0.5) is 5.82 Å². The van der Waals surface area contributed by atoms with Crippen molar-refractivity contribution in [2.75, 3.05) is 5.32 Å². The predicted molar refractivity (Wildman–Crippen MR) is 71.7 cm³/mol. The Balaban J connectivity index is 1.75. The van der Waals surface area contributed by atoms with Gasteiger partial charge in [-0.15, -0.1) is 0 Å². The number of carbonyl (C=O) groups excluding carboxylic acids is 1. The molecule has 1 unspecified atom stereocenters. The maximum Gasteiger partial charge on any atom is 0.267 e. The molecule has 104 valence electrons. The lowest BCUT2D eigenvalue weighted by Gasteiger charge is -2.09. The summed E-state index contributed by atoms with van der Waals surface area (Å²) in [6, 6.07) is 4.04. The van der Waals surface area contributed by atoms with E-state index in [0.29, 0.717) is 17.9 Å². The van der Waals surface area contributed by atoms with Crippen molar-refractivity contribution >= 4 is 11.7 Å². The van der Waals surface area contributed by atoms with Crippen LogP contribution in [0.5, 0.6) is 5.75 Å². The molecule has 0 spiro atoms. The standard InChI is InChI=1S/C14H15N3O3/c1-7-4-10-6-12(19-11(10)5-8(7)2)14(18)15-13-9(3)16-20-17-13/h4-5,12H,6H2,1-3H3,(H,15,17,18). The highest BCUT2D eigenvalue weighted by atomic mass is 16.6. The topological polar surface area (TPSA) is 77.2 Å². The Morgan fingerprint density at radius 1 is 1.25 bits per heavy atom. The number of nitrogens with zero attached hydrogens (tertiary/aromatic N) is 2. The van der Waals surface area contributed by atoms with Gasteiger partial charge in [0.2, 0.25) is 0 Å². The van der Waals surface area contributed by atoms with Crippen LogP contribution in [-0.2, 0) is 11.2 Å². The van der Waals surface area contributed by atoms with Gasteiger partial charge >= 0.3 is 0 Å². The average molecular weight is 273 g/mol. The lowest BCUT2D eigenvalue weighted by Crippen LogP contribution is -2.31. The van der Waals surface area contributed by atoms with E-state index in [1.807, 2.05) is 19.9 Å². The molecule has 1 aliphatic rings. The van der Waals surface area contributed by atoms with Crippen LogP contribution in [0, 0.1) is 20.8 Å². The van der Waals surface area contributed by atoms with E-state index in [0.717, 1.165) is 16.9 Å². The van der Waals surface area contributed by atoms with Crippen molar-refractivity contribution in [2.45, 2.75) is 33.3 Å². The summed E-state index contributed by atoms with van der Waals surface area (Å²) in [5.74, 6) is 0.875. The maximum atomic E-state index is 12.2. The summed E-state index contributed by atoms with van der Waals surface area (Å²) >= 11 is 0. The first-order valence-electron chi connectivity index (χ1n) is 6.41. The molecule has 0 aliphatic carbocycles. The fraction of sp³-hybridized carbons (Fsp3) is 0.357. The van der Waals surface area contributed by atoms with Gasteiger partial charge in [0, 0.05) is 6.42 Å². The van der Waals surface area contributed by atoms with Crippen molar-refractivity contribution in [3.8, 4) is 5.75 Å². The van der Waals surface area contributed by atoms with Gasteiger partial charge in [-0.3, -0.25) is 4.79 Å². The van der Waals surface area contributed by atoms with Gasteiger partial charge in [0.05, 0.1) is 0 Å². The first kappa shape index (κ1) is 12.7. The number of amides is 1. The van der Waals surface area contributed by atoms with E-state index in [9.17, 15) is 4.79 Å². The molecule has 1 atom stereocenters. The average Bonchev–Trinajstić information content (AvgIpc) is 2.97. The molecule has 0 bridgehead atoms. The minimum Gasteiger partial charge on any atom is -0.480 e. The van der Waals surface area contributed by atoms with Crippen molar-refractivity contribution in [1.29, 1.82) is 0 Å². The van der Waals surface area contributed by atoms with E-state index < -0.39 is 6.10 Å². The molecule has 3 rings (SSSR count). The fourth-order valence-electron chi connectivity index (χ4n) is 2.20. The van der Waals surface area contributed by atoms with E-state index >= 15 is 0 Å². The van der Waals surface area contributed by atoms with Crippen molar-refractivity contribution in [3.05, 3.63) is 34.5 Å². The minimum absolute atomic E-state index is 0.240. The highest BCUT2D eigenvalue weighted by Crippen LogP contribution is 2.31. The second-order valence-electron chi connectivity index (χ2n) is 5.04. The normalized spacial score (nSPS) is 16.6. The zero-order chi connectivity index (χ0) is 14.3. The molecule has 0 saturated heterocycles. The molecule has 1 aliphatic heterocycles. The van der Waals surface area contributed by atoms with Gasteiger partial charge in [0.15, 0.2) is 11.9 Å². The Hall–Kier alpha value is -2.37. The Labute approximate surface area is 116 Å². The Bertz CT molecular complexity index is 647. The third-order valence-electron chi connectivity index (χ3n) is 3.54. The smallest absolute Gasteiger partial charge is 0.267 e. The highest BCUT2D eigenvalue weighted by molar-refractivity contribution is 5.94. The predicted octanol–water partition coefficient (Wildman–Crippen LogP) is 1.94. The van der Waals surface area contributed by atoms with Gasteiger partial charge in [0.1, 0.15) is 11.4 Å². The van der Waals surface area contributed by atoms with Crippen LogP contribution in [0.1, 0.15) is 22.4 Å². The van der Waals surface area contributed by atoms with Crippen molar-refractivity contribution in [2.24, 2.45) is 0 Å². The van der Waals surface area contributed by atoms with Crippen LogP contribution in [-0.4, -0.2) is 22.3 Å². The number of aromatic nitrogens is 2. The molecule has 20 heavy (non-hydrogen) atoms. The first-order chi connectivity index (χ1) is 9.54. The van der Waals surface area contributed by atoms with Crippen LogP contribution in [0.3, 0.4) is 0 Å². The van der Waals surface area contributed by atoms with Gasteiger partial charge in [-0.25, -0.2) is 4.63 Å². The van der Waals surface area contributed by atoms with Gasteiger partial charge in [-0.05, 0) is 48.7 Å². The quantitative estimate of drug-likeness (QED) is 0.904. The molecule has 1 amide bonds. The van der Waals surface area contributed by atoms with Gasteiger partial charge in [0.25, 0.3) is 5.91 Å². The largest absolute Gasteiger partial charge is 0.480 e. The van der Waals surface area contributed by atoms with Crippen LogP contribution in [0.2, 0.25) is 0 Å². The number of rotatable bonds is 2. The Morgan fingerprint density at radius 2 is 2.00 bits per heavy atom. The third-order valence-corrected chi connectivity index (χ3v) is 3.54. The molecule has 0 fully saturated rings. The number of benzene rings is 1. The molecule has 6 nitrogen and oxygen atoms in total. The van der Waals surface area contributed by atoms with Gasteiger partial charge < -0.3 is 10.1 Å². The number of nitrogens with one attached hydrogen (secondary N) is 1.